The molecule has 0 aliphatic carbocycles. The van der Waals surface area contributed by atoms with E-state index in [1.165, 1.54) is 12.7 Å². The van der Waals surface area contributed by atoms with Gasteiger partial charge in [0.2, 0.25) is 0 Å². The molecule has 33 heavy (non-hydrogen) atoms. The van der Waals surface area contributed by atoms with Crippen LogP contribution in [0.1, 0.15) is 19.3 Å². The number of hydrogen-bond acceptors (Lipinski definition) is 7. The summed E-state index contributed by atoms with van der Waals surface area (Å²) in [4.78, 5) is 34.0. The van der Waals surface area contributed by atoms with Gasteiger partial charge in [-0.15, -0.1) is 11.3 Å². The van der Waals surface area contributed by atoms with Crippen molar-refractivity contribution in [1.82, 2.24) is 19.7 Å². The van der Waals surface area contributed by atoms with Crippen LogP contribution in [0.3, 0.4) is 0 Å². The van der Waals surface area contributed by atoms with Crippen LogP contribution in [0.4, 0.5) is 11.4 Å². The molecule has 3 heterocycles. The van der Waals surface area contributed by atoms with Gasteiger partial charge in [-0.05, 0) is 48.5 Å². The third-order valence-corrected chi connectivity index (χ3v) is 5.78. The highest BCUT2D eigenvalue weighted by Gasteiger charge is 2.15. The second kappa shape index (κ2) is 8.89. The standard InChI is InChI=1S/C23H16N6O3S/c30-22(27-16-4-6-18(7-5-16)29-13-25-12-26-29)20-8-9-21(33-20)23(31)28-17-3-1-2-15(10-17)19-11-24-14-32-19/h1-14H,(H,27,30)(H,28,31). The summed E-state index contributed by atoms with van der Waals surface area (Å²) in [5, 5.41) is 9.75. The average Bonchev–Trinajstić information content (AvgIpc) is 3.62. The topological polar surface area (TPSA) is 115 Å². The van der Waals surface area contributed by atoms with Gasteiger partial charge in [0.25, 0.3) is 11.8 Å². The predicted octanol–water partition coefficient (Wildman–Crippen LogP) is 4.49. The van der Waals surface area contributed by atoms with Gasteiger partial charge in [0.05, 0.1) is 21.6 Å². The molecule has 9 nitrogen and oxygen atoms in total. The van der Waals surface area contributed by atoms with Crippen LogP contribution < -0.4 is 10.6 Å². The zero-order valence-corrected chi connectivity index (χ0v) is 17.8. The molecule has 2 amide bonds. The number of benzene rings is 2. The van der Waals surface area contributed by atoms with E-state index in [4.69, 9.17) is 4.42 Å². The largest absolute Gasteiger partial charge is 0.444 e. The van der Waals surface area contributed by atoms with Gasteiger partial charge >= 0.3 is 0 Å². The fourth-order valence-corrected chi connectivity index (χ4v) is 3.91. The SMILES string of the molecule is O=C(Nc1ccc(-n2cncn2)cc1)c1ccc(C(=O)Nc2cccc(-c3cnco3)c2)s1. The molecule has 2 N–H and O–H groups in total. The molecule has 3 aromatic heterocycles. The Morgan fingerprint density at radius 1 is 0.879 bits per heavy atom. The van der Waals surface area contributed by atoms with Crippen molar-refractivity contribution in [1.29, 1.82) is 0 Å². The minimum atomic E-state index is -0.300. The maximum Gasteiger partial charge on any atom is 0.265 e. The van der Waals surface area contributed by atoms with Gasteiger partial charge in [-0.2, -0.15) is 5.10 Å². The number of thiophene rings is 1. The van der Waals surface area contributed by atoms with Crippen LogP contribution in [-0.2, 0) is 0 Å². The maximum absolute atomic E-state index is 12.7. The van der Waals surface area contributed by atoms with Gasteiger partial charge in [-0.3, -0.25) is 9.59 Å². The highest BCUT2D eigenvalue weighted by Crippen LogP contribution is 2.24. The third-order valence-electron chi connectivity index (χ3n) is 4.70. The Hall–Kier alpha value is -4.57. The maximum atomic E-state index is 12.7. The van der Waals surface area contributed by atoms with Crippen LogP contribution in [0.2, 0.25) is 0 Å². The number of rotatable bonds is 6. The first-order chi connectivity index (χ1) is 16.2. The minimum absolute atomic E-state index is 0.292. The van der Waals surface area contributed by atoms with Crippen LogP contribution in [-0.4, -0.2) is 31.6 Å². The number of aromatic nitrogens is 4. The van der Waals surface area contributed by atoms with Crippen molar-refractivity contribution in [3.8, 4) is 17.0 Å². The van der Waals surface area contributed by atoms with E-state index in [-0.39, 0.29) is 11.8 Å². The molecule has 0 unspecified atom stereocenters. The second-order valence-corrected chi connectivity index (χ2v) is 7.99. The molecule has 5 rings (SSSR count). The van der Waals surface area contributed by atoms with Crippen LogP contribution in [0.25, 0.3) is 17.0 Å². The Labute approximate surface area is 191 Å². The van der Waals surface area contributed by atoms with E-state index in [9.17, 15) is 9.59 Å². The molecule has 0 spiro atoms. The van der Waals surface area contributed by atoms with E-state index in [0.29, 0.717) is 26.9 Å². The van der Waals surface area contributed by atoms with Crippen molar-refractivity contribution in [3.05, 3.63) is 95.7 Å². The number of carbonyl (C=O) groups excluding carboxylic acids is 2. The number of hydrogen-bond donors (Lipinski definition) is 2. The monoisotopic (exact) mass is 456 g/mol. The molecule has 0 saturated carbocycles. The van der Waals surface area contributed by atoms with E-state index in [0.717, 1.165) is 22.6 Å². The molecular weight excluding hydrogens is 440 g/mol. The van der Waals surface area contributed by atoms with Crippen molar-refractivity contribution in [2.75, 3.05) is 10.6 Å². The van der Waals surface area contributed by atoms with E-state index < -0.39 is 0 Å². The van der Waals surface area contributed by atoms with Gasteiger partial charge in [0.15, 0.2) is 12.2 Å². The van der Waals surface area contributed by atoms with Gasteiger partial charge in [0.1, 0.15) is 12.7 Å². The van der Waals surface area contributed by atoms with Gasteiger partial charge < -0.3 is 15.1 Å². The number of nitrogens with zero attached hydrogens (tertiary/aromatic N) is 4. The smallest absolute Gasteiger partial charge is 0.265 e. The van der Waals surface area contributed by atoms with Crippen molar-refractivity contribution < 1.29 is 14.0 Å². The van der Waals surface area contributed by atoms with Crippen LogP contribution in [0.15, 0.2) is 90.3 Å². The average molecular weight is 456 g/mol. The molecule has 0 fully saturated rings. The molecule has 0 bridgehead atoms. The summed E-state index contributed by atoms with van der Waals surface area (Å²) in [5.74, 6) is 0.0151. The van der Waals surface area contributed by atoms with E-state index >= 15 is 0 Å². The number of carbonyl (C=O) groups is 2. The van der Waals surface area contributed by atoms with Gasteiger partial charge in [-0.1, -0.05) is 12.1 Å². The highest BCUT2D eigenvalue weighted by atomic mass is 32.1. The third kappa shape index (κ3) is 4.55. The first-order valence-corrected chi connectivity index (χ1v) is 10.6. The Balaban J connectivity index is 1.24. The van der Waals surface area contributed by atoms with Crippen LogP contribution in [0.5, 0.6) is 0 Å². The molecule has 10 heteroatoms. The normalized spacial score (nSPS) is 10.7. The molecule has 5 aromatic rings. The summed E-state index contributed by atoms with van der Waals surface area (Å²) in [6.45, 7) is 0. The zero-order valence-electron chi connectivity index (χ0n) is 17.0. The Morgan fingerprint density at radius 2 is 1.64 bits per heavy atom. The lowest BCUT2D eigenvalue weighted by Gasteiger charge is -2.06. The summed E-state index contributed by atoms with van der Waals surface area (Å²) < 4.78 is 6.92. The fourth-order valence-electron chi connectivity index (χ4n) is 3.11. The predicted molar refractivity (Wildman–Crippen MR) is 124 cm³/mol. The molecule has 0 radical (unpaired) electrons. The van der Waals surface area contributed by atoms with Gasteiger partial charge in [0, 0.05) is 16.9 Å². The van der Waals surface area contributed by atoms with Gasteiger partial charge in [-0.25, -0.2) is 14.6 Å². The van der Waals surface area contributed by atoms with E-state index in [1.54, 1.807) is 53.6 Å². The molecule has 0 saturated heterocycles. The van der Waals surface area contributed by atoms with E-state index in [1.807, 2.05) is 24.3 Å². The summed E-state index contributed by atoms with van der Waals surface area (Å²) in [6, 6.07) is 17.7. The number of oxazole rings is 1. The van der Waals surface area contributed by atoms with Crippen molar-refractivity contribution in [3.63, 3.8) is 0 Å². The van der Waals surface area contributed by atoms with Crippen LogP contribution >= 0.6 is 11.3 Å². The molecular formula is C23H16N6O3S. The number of amides is 2. The lowest BCUT2D eigenvalue weighted by molar-refractivity contribution is 0.102. The Kier molecular flexibility index (Phi) is 5.48. The quantitative estimate of drug-likeness (QED) is 0.389. The summed E-state index contributed by atoms with van der Waals surface area (Å²) in [7, 11) is 0. The number of anilines is 2. The lowest BCUT2D eigenvalue weighted by atomic mass is 10.1. The molecule has 0 atom stereocenters. The Bertz CT molecular complexity index is 1390. The summed E-state index contributed by atoms with van der Waals surface area (Å²) in [5.41, 5.74) is 2.87. The zero-order chi connectivity index (χ0) is 22.6. The van der Waals surface area contributed by atoms with Crippen molar-refractivity contribution >= 4 is 34.5 Å². The van der Waals surface area contributed by atoms with Crippen molar-refractivity contribution in [2.24, 2.45) is 0 Å². The fraction of sp³-hybridized carbons (Fsp3) is 0. The molecule has 0 aliphatic heterocycles. The first-order valence-electron chi connectivity index (χ1n) is 9.82. The number of nitrogens with one attached hydrogen (secondary N) is 2. The van der Waals surface area contributed by atoms with Crippen molar-refractivity contribution in [2.45, 2.75) is 0 Å². The minimum Gasteiger partial charge on any atom is -0.444 e. The van der Waals surface area contributed by atoms with E-state index in [2.05, 4.69) is 25.7 Å². The second-order valence-electron chi connectivity index (χ2n) is 6.91. The molecule has 162 valence electrons. The first kappa shape index (κ1) is 20.3. The molecule has 2 aromatic carbocycles. The molecule has 0 aliphatic rings. The highest BCUT2D eigenvalue weighted by molar-refractivity contribution is 7.16. The lowest BCUT2D eigenvalue weighted by Crippen LogP contribution is -2.11. The summed E-state index contributed by atoms with van der Waals surface area (Å²) in [6.07, 6.45) is 6.00. The Morgan fingerprint density at radius 3 is 2.30 bits per heavy atom. The van der Waals surface area contributed by atoms with Crippen LogP contribution in [0, 0.1) is 0 Å². The summed E-state index contributed by atoms with van der Waals surface area (Å²) >= 11 is 1.12.